The van der Waals surface area contributed by atoms with Crippen molar-refractivity contribution in [1.29, 1.82) is 0 Å². The van der Waals surface area contributed by atoms with Crippen LogP contribution >= 0.6 is 0 Å². The standard InChI is InChI=1S/C31H62O3/c1-5-6-7-8-9-10-11-12-13-14-15-16-17-18-19-20-21-22-23-24-25-26-28(2)31(33)29(3)27-34-30(4)32/h28-29,31,33H,5-27H2,1-4H3. The molecule has 1 N–H and O–H groups in total. The number of unbranched alkanes of at least 4 members (excludes halogenated alkanes) is 20. The van der Waals surface area contributed by atoms with Gasteiger partial charge in [0, 0.05) is 12.8 Å². The van der Waals surface area contributed by atoms with Crippen molar-refractivity contribution < 1.29 is 14.6 Å². The summed E-state index contributed by atoms with van der Waals surface area (Å²) in [4.78, 5) is 10.9. The van der Waals surface area contributed by atoms with Gasteiger partial charge in [-0.1, -0.05) is 156 Å². The summed E-state index contributed by atoms with van der Waals surface area (Å²) in [6.45, 7) is 8.11. The van der Waals surface area contributed by atoms with Crippen molar-refractivity contribution in [1.82, 2.24) is 0 Å². The first-order valence-corrected chi connectivity index (χ1v) is 15.3. The second-order valence-electron chi connectivity index (χ2n) is 11.1. The van der Waals surface area contributed by atoms with Crippen LogP contribution in [-0.4, -0.2) is 23.8 Å². The summed E-state index contributed by atoms with van der Waals surface area (Å²) in [5, 5.41) is 10.4. The fraction of sp³-hybridized carbons (Fsp3) is 0.968. The second-order valence-corrected chi connectivity index (χ2v) is 11.1. The molecule has 0 aromatic carbocycles. The molecule has 0 fully saturated rings. The molecule has 3 atom stereocenters. The topological polar surface area (TPSA) is 46.5 Å². The Morgan fingerprint density at radius 1 is 0.588 bits per heavy atom. The lowest BCUT2D eigenvalue weighted by Crippen LogP contribution is -2.29. The molecule has 3 nitrogen and oxygen atoms in total. The van der Waals surface area contributed by atoms with Crippen LogP contribution in [0.1, 0.15) is 169 Å². The lowest BCUT2D eigenvalue weighted by molar-refractivity contribution is -0.143. The zero-order chi connectivity index (χ0) is 25.3. The molecule has 0 heterocycles. The Morgan fingerprint density at radius 2 is 0.912 bits per heavy atom. The van der Waals surface area contributed by atoms with Gasteiger partial charge in [0.25, 0.3) is 0 Å². The molecule has 34 heavy (non-hydrogen) atoms. The SMILES string of the molecule is CCCCCCCCCCCCCCCCCCCCCCCC(C)C(O)C(C)COC(C)=O. The van der Waals surface area contributed by atoms with Gasteiger partial charge in [0.2, 0.25) is 0 Å². The van der Waals surface area contributed by atoms with Crippen LogP contribution in [0.25, 0.3) is 0 Å². The second kappa shape index (κ2) is 25.5. The number of hydrogen-bond acceptors (Lipinski definition) is 3. The van der Waals surface area contributed by atoms with Crippen LogP contribution in [0.5, 0.6) is 0 Å². The van der Waals surface area contributed by atoms with Crippen LogP contribution in [-0.2, 0) is 9.53 Å². The molecule has 0 spiro atoms. The molecule has 0 saturated carbocycles. The molecule has 204 valence electrons. The van der Waals surface area contributed by atoms with Gasteiger partial charge in [-0.05, 0) is 12.3 Å². The third kappa shape index (κ3) is 23.2. The summed E-state index contributed by atoms with van der Waals surface area (Å²) in [5.74, 6) is 0.00994. The van der Waals surface area contributed by atoms with Crippen LogP contribution < -0.4 is 0 Å². The van der Waals surface area contributed by atoms with Gasteiger partial charge in [0.1, 0.15) is 0 Å². The Kier molecular flexibility index (Phi) is 25.1. The number of aliphatic hydroxyl groups is 1. The number of esters is 1. The van der Waals surface area contributed by atoms with E-state index < -0.39 is 0 Å². The molecule has 0 aromatic rings. The highest BCUT2D eigenvalue weighted by molar-refractivity contribution is 5.65. The van der Waals surface area contributed by atoms with E-state index in [4.69, 9.17) is 4.74 Å². The smallest absolute Gasteiger partial charge is 0.302 e. The number of aliphatic hydroxyl groups excluding tert-OH is 1. The highest BCUT2D eigenvalue weighted by Crippen LogP contribution is 2.21. The lowest BCUT2D eigenvalue weighted by Gasteiger charge is -2.24. The minimum atomic E-state index is -0.385. The van der Waals surface area contributed by atoms with E-state index >= 15 is 0 Å². The summed E-state index contributed by atoms with van der Waals surface area (Å²) in [7, 11) is 0. The Hall–Kier alpha value is -0.570. The van der Waals surface area contributed by atoms with Gasteiger partial charge < -0.3 is 9.84 Å². The Balaban J connectivity index is 3.27. The average Bonchev–Trinajstić information content (AvgIpc) is 2.82. The average molecular weight is 483 g/mol. The van der Waals surface area contributed by atoms with Gasteiger partial charge in [-0.2, -0.15) is 0 Å². The Labute approximate surface area is 214 Å². The molecule has 0 saturated heterocycles. The monoisotopic (exact) mass is 482 g/mol. The normalized spacial score (nSPS) is 14.1. The zero-order valence-corrected chi connectivity index (χ0v) is 23.8. The minimum Gasteiger partial charge on any atom is -0.465 e. The molecule has 0 aliphatic rings. The molecule has 0 aliphatic heterocycles. The van der Waals surface area contributed by atoms with Crippen LogP contribution in [0.4, 0.5) is 0 Å². The number of carbonyl (C=O) groups is 1. The predicted octanol–water partition coefficient (Wildman–Crippen LogP) is 9.78. The third-order valence-corrected chi connectivity index (χ3v) is 7.48. The lowest BCUT2D eigenvalue weighted by atomic mass is 9.89. The van der Waals surface area contributed by atoms with Crippen LogP contribution in [0.15, 0.2) is 0 Å². The largest absolute Gasteiger partial charge is 0.465 e. The first kappa shape index (κ1) is 33.4. The van der Waals surface area contributed by atoms with E-state index in [0.717, 1.165) is 6.42 Å². The van der Waals surface area contributed by atoms with Gasteiger partial charge in [0.15, 0.2) is 0 Å². The van der Waals surface area contributed by atoms with Gasteiger partial charge in [-0.15, -0.1) is 0 Å². The highest BCUT2D eigenvalue weighted by atomic mass is 16.5. The van der Waals surface area contributed by atoms with E-state index in [1.165, 1.54) is 142 Å². The maximum atomic E-state index is 10.9. The van der Waals surface area contributed by atoms with E-state index in [1.54, 1.807) is 0 Å². The van der Waals surface area contributed by atoms with Crippen LogP contribution in [0.3, 0.4) is 0 Å². The molecule has 0 bridgehead atoms. The maximum Gasteiger partial charge on any atom is 0.302 e. The van der Waals surface area contributed by atoms with Crippen molar-refractivity contribution in [2.45, 2.75) is 175 Å². The predicted molar refractivity (Wildman–Crippen MR) is 148 cm³/mol. The van der Waals surface area contributed by atoms with Crippen molar-refractivity contribution in [3.63, 3.8) is 0 Å². The number of hydrogen-bond donors (Lipinski definition) is 1. The van der Waals surface area contributed by atoms with Gasteiger partial charge in [-0.25, -0.2) is 0 Å². The van der Waals surface area contributed by atoms with Crippen molar-refractivity contribution >= 4 is 5.97 Å². The van der Waals surface area contributed by atoms with Gasteiger partial charge >= 0.3 is 5.97 Å². The number of ether oxygens (including phenoxy) is 1. The molecule has 0 rings (SSSR count). The molecular weight excluding hydrogens is 420 g/mol. The first-order chi connectivity index (χ1) is 16.5. The summed E-state index contributed by atoms with van der Waals surface area (Å²) in [5.41, 5.74) is 0. The van der Waals surface area contributed by atoms with E-state index in [2.05, 4.69) is 13.8 Å². The third-order valence-electron chi connectivity index (χ3n) is 7.48. The molecule has 3 unspecified atom stereocenters. The minimum absolute atomic E-state index is 0.00815. The highest BCUT2D eigenvalue weighted by Gasteiger charge is 2.21. The fourth-order valence-corrected chi connectivity index (χ4v) is 4.98. The van der Waals surface area contributed by atoms with Crippen LogP contribution in [0.2, 0.25) is 0 Å². The molecule has 0 radical (unpaired) electrons. The molecule has 3 heteroatoms. The van der Waals surface area contributed by atoms with Crippen molar-refractivity contribution in [2.24, 2.45) is 11.8 Å². The van der Waals surface area contributed by atoms with E-state index in [-0.39, 0.29) is 23.9 Å². The Morgan fingerprint density at radius 3 is 1.24 bits per heavy atom. The summed E-state index contributed by atoms with van der Waals surface area (Å²) in [6, 6.07) is 0. The number of carbonyl (C=O) groups excluding carboxylic acids is 1. The summed E-state index contributed by atoms with van der Waals surface area (Å²) in [6.07, 6.45) is 30.2. The maximum absolute atomic E-state index is 10.9. The van der Waals surface area contributed by atoms with Gasteiger partial charge in [0.05, 0.1) is 12.7 Å². The van der Waals surface area contributed by atoms with Gasteiger partial charge in [-0.3, -0.25) is 4.79 Å². The van der Waals surface area contributed by atoms with Crippen LogP contribution in [0, 0.1) is 11.8 Å². The molecule has 0 amide bonds. The summed E-state index contributed by atoms with van der Waals surface area (Å²) >= 11 is 0. The zero-order valence-electron chi connectivity index (χ0n) is 23.8. The Bertz CT molecular complexity index is 423. The van der Waals surface area contributed by atoms with E-state index in [0.29, 0.717) is 6.61 Å². The number of rotatable bonds is 26. The van der Waals surface area contributed by atoms with E-state index in [1.807, 2.05) is 6.92 Å². The first-order valence-electron chi connectivity index (χ1n) is 15.3. The molecule has 0 aromatic heterocycles. The molecule has 0 aliphatic carbocycles. The van der Waals surface area contributed by atoms with Crippen molar-refractivity contribution in [3.05, 3.63) is 0 Å². The fourth-order valence-electron chi connectivity index (χ4n) is 4.98. The molecular formula is C31H62O3. The van der Waals surface area contributed by atoms with Crippen molar-refractivity contribution in [2.75, 3.05) is 6.61 Å². The van der Waals surface area contributed by atoms with Crippen molar-refractivity contribution in [3.8, 4) is 0 Å². The summed E-state index contributed by atoms with van der Waals surface area (Å²) < 4.78 is 5.03. The quantitative estimate of drug-likeness (QED) is 0.0985. The van der Waals surface area contributed by atoms with E-state index in [9.17, 15) is 9.90 Å².